The molecule has 0 saturated heterocycles. The molecule has 8 nitrogen and oxygen atoms in total. The van der Waals surface area contributed by atoms with Crippen LogP contribution < -0.4 is 5.32 Å². The van der Waals surface area contributed by atoms with Gasteiger partial charge in [0.25, 0.3) is 0 Å². The molecule has 8 heteroatoms. The van der Waals surface area contributed by atoms with E-state index < -0.39 is 28.5 Å². The molecule has 0 aliphatic carbocycles. The van der Waals surface area contributed by atoms with E-state index in [1.807, 2.05) is 0 Å². The first-order chi connectivity index (χ1) is 9.23. The molecule has 1 aromatic rings. The first-order valence-corrected chi connectivity index (χ1v) is 5.90. The van der Waals surface area contributed by atoms with E-state index >= 15 is 0 Å². The Bertz CT molecular complexity index is 502. The minimum absolute atomic E-state index is 0.0795. The fraction of sp³-hybridized carbons (Fsp3) is 0.500. The molecule has 0 bridgehead atoms. The summed E-state index contributed by atoms with van der Waals surface area (Å²) >= 11 is 0. The maximum Gasteiger partial charge on any atom is 0.433 e. The van der Waals surface area contributed by atoms with Gasteiger partial charge >= 0.3 is 12.0 Å². The van der Waals surface area contributed by atoms with Crippen molar-refractivity contribution in [1.29, 1.82) is 0 Å². The molecule has 20 heavy (non-hydrogen) atoms. The average molecular weight is 284 g/mol. The van der Waals surface area contributed by atoms with Crippen molar-refractivity contribution in [2.75, 3.05) is 0 Å². The van der Waals surface area contributed by atoms with Gasteiger partial charge in [0.1, 0.15) is 22.6 Å². The lowest BCUT2D eigenvalue weighted by Gasteiger charge is -2.21. The summed E-state index contributed by atoms with van der Waals surface area (Å²) in [6, 6.07) is 1.68. The fourth-order valence-corrected chi connectivity index (χ4v) is 1.42. The zero-order valence-electron chi connectivity index (χ0n) is 11.4. The number of carbonyl (C=O) groups is 2. The minimum atomic E-state index is -0.809. The van der Waals surface area contributed by atoms with Crippen molar-refractivity contribution < 1.29 is 23.7 Å². The summed E-state index contributed by atoms with van der Waals surface area (Å²) in [4.78, 5) is 32.1. The lowest BCUT2D eigenvalue weighted by Crippen LogP contribution is -2.35. The average Bonchev–Trinajstić information content (AvgIpc) is 2.74. The molecule has 1 rings (SSSR count). The summed E-state index contributed by atoms with van der Waals surface area (Å²) in [5.74, 6) is -0.337. The summed E-state index contributed by atoms with van der Waals surface area (Å²) in [6.07, 6.45) is -0.233. The Hall–Kier alpha value is -2.38. The van der Waals surface area contributed by atoms with Gasteiger partial charge < -0.3 is 19.3 Å². The van der Waals surface area contributed by atoms with E-state index in [2.05, 4.69) is 5.32 Å². The molecule has 1 heterocycles. The van der Waals surface area contributed by atoms with Gasteiger partial charge in [0, 0.05) is 6.42 Å². The summed E-state index contributed by atoms with van der Waals surface area (Å²) in [5.41, 5.74) is -0.690. The lowest BCUT2D eigenvalue weighted by atomic mass is 10.1. The topological polar surface area (TPSA) is 112 Å². The normalized spacial score (nSPS) is 12.6. The molecule has 1 N–H and O–H groups in total. The second-order valence-electron chi connectivity index (χ2n) is 5.03. The Morgan fingerprint density at radius 2 is 2.20 bits per heavy atom. The van der Waals surface area contributed by atoms with Crippen LogP contribution in [0, 0.1) is 10.1 Å². The molecule has 110 valence electrons. The highest BCUT2D eigenvalue weighted by Gasteiger charge is 2.24. The number of nitrogens with one attached hydrogen (secondary N) is 1. The Morgan fingerprint density at radius 3 is 2.65 bits per heavy atom. The van der Waals surface area contributed by atoms with Crippen molar-refractivity contribution in [3.05, 3.63) is 28.0 Å². The van der Waals surface area contributed by atoms with Crippen molar-refractivity contribution in [1.82, 2.24) is 5.32 Å². The number of alkyl carbamates (subject to hydrolysis) is 1. The molecule has 1 aromatic heterocycles. The van der Waals surface area contributed by atoms with E-state index in [-0.39, 0.29) is 12.2 Å². The van der Waals surface area contributed by atoms with Gasteiger partial charge in [-0.15, -0.1) is 0 Å². The van der Waals surface area contributed by atoms with Crippen molar-refractivity contribution >= 4 is 18.3 Å². The van der Waals surface area contributed by atoms with Crippen LogP contribution in [0.5, 0.6) is 0 Å². The summed E-state index contributed by atoms with van der Waals surface area (Å²) in [5, 5.41) is 13.0. The Kier molecular flexibility index (Phi) is 4.84. The second-order valence-corrected chi connectivity index (χ2v) is 5.03. The highest BCUT2D eigenvalue weighted by molar-refractivity contribution is 5.69. The monoisotopic (exact) mass is 284 g/mol. The zero-order valence-corrected chi connectivity index (χ0v) is 11.4. The third-order valence-electron chi connectivity index (χ3n) is 2.16. The van der Waals surface area contributed by atoms with E-state index in [0.29, 0.717) is 6.29 Å². The third kappa shape index (κ3) is 4.71. The SMILES string of the molecule is CC(C)(C)OC(=O)N[C@@H](CC=O)c1ccc([N+](=O)[O-])o1. The number of amides is 1. The van der Waals surface area contributed by atoms with E-state index in [1.165, 1.54) is 6.07 Å². The van der Waals surface area contributed by atoms with Crippen molar-refractivity contribution in [3.63, 3.8) is 0 Å². The number of ether oxygens (including phenoxy) is 1. The smallest absolute Gasteiger partial charge is 0.433 e. The number of nitrogens with zero attached hydrogens (tertiary/aromatic N) is 1. The maximum atomic E-state index is 11.6. The number of hydrogen-bond donors (Lipinski definition) is 1. The molecule has 0 radical (unpaired) electrons. The van der Waals surface area contributed by atoms with Crippen molar-refractivity contribution in [2.45, 2.75) is 38.8 Å². The molecular formula is C12H16N2O6. The Labute approximate surface area is 115 Å². The highest BCUT2D eigenvalue weighted by atomic mass is 16.6. The second kappa shape index (κ2) is 6.18. The van der Waals surface area contributed by atoms with Gasteiger partial charge in [-0.25, -0.2) is 4.79 Å². The summed E-state index contributed by atoms with van der Waals surface area (Å²) in [6.45, 7) is 5.08. The molecule has 0 aliphatic rings. The van der Waals surface area contributed by atoms with E-state index in [9.17, 15) is 19.7 Å². The molecule has 1 amide bonds. The first kappa shape index (κ1) is 15.7. The highest BCUT2D eigenvalue weighted by Crippen LogP contribution is 2.23. The van der Waals surface area contributed by atoms with Gasteiger partial charge in [-0.05, 0) is 26.8 Å². The van der Waals surface area contributed by atoms with Crippen molar-refractivity contribution in [2.24, 2.45) is 0 Å². The minimum Gasteiger partial charge on any atom is -0.444 e. The van der Waals surface area contributed by atoms with Gasteiger partial charge in [0.2, 0.25) is 0 Å². The molecule has 0 fully saturated rings. The molecule has 0 aromatic carbocycles. The summed E-state index contributed by atoms with van der Waals surface area (Å²) in [7, 11) is 0. The van der Waals surface area contributed by atoms with E-state index in [0.717, 1.165) is 6.07 Å². The third-order valence-corrected chi connectivity index (χ3v) is 2.16. The lowest BCUT2D eigenvalue weighted by molar-refractivity contribution is -0.402. The molecule has 1 atom stereocenters. The van der Waals surface area contributed by atoms with Gasteiger partial charge in [0.15, 0.2) is 0 Å². The largest absolute Gasteiger partial charge is 0.444 e. The number of furan rings is 1. The molecule has 0 saturated carbocycles. The van der Waals surface area contributed by atoms with Crippen LogP contribution in [0.3, 0.4) is 0 Å². The Morgan fingerprint density at radius 1 is 1.55 bits per heavy atom. The van der Waals surface area contributed by atoms with Gasteiger partial charge in [-0.3, -0.25) is 10.1 Å². The van der Waals surface area contributed by atoms with Crippen LogP contribution in [0.2, 0.25) is 0 Å². The van der Waals surface area contributed by atoms with Gasteiger partial charge in [-0.1, -0.05) is 0 Å². The number of aldehydes is 1. The number of rotatable bonds is 5. The number of nitro groups is 1. The predicted octanol–water partition coefficient (Wildman–Crippen LogP) is 2.34. The molecular weight excluding hydrogens is 268 g/mol. The van der Waals surface area contributed by atoms with Crippen LogP contribution in [-0.4, -0.2) is 22.9 Å². The maximum absolute atomic E-state index is 11.6. The van der Waals surface area contributed by atoms with Crippen LogP contribution in [-0.2, 0) is 9.53 Å². The molecule has 0 spiro atoms. The molecule has 0 aliphatic heterocycles. The summed E-state index contributed by atoms with van der Waals surface area (Å²) < 4.78 is 10.0. The standard InChI is InChI=1S/C12H16N2O6/c1-12(2,3)20-11(16)13-8(6-7-15)9-4-5-10(19-9)14(17)18/h4-5,7-8H,6H2,1-3H3,(H,13,16)/t8-/m0/s1. The zero-order chi connectivity index (χ0) is 15.3. The van der Waals surface area contributed by atoms with Gasteiger partial charge in [0.05, 0.1) is 12.1 Å². The van der Waals surface area contributed by atoms with Crippen LogP contribution in [0.15, 0.2) is 16.5 Å². The van der Waals surface area contributed by atoms with E-state index in [1.54, 1.807) is 20.8 Å². The first-order valence-electron chi connectivity index (χ1n) is 5.90. The van der Waals surface area contributed by atoms with Crippen LogP contribution in [0.25, 0.3) is 0 Å². The quantitative estimate of drug-likeness (QED) is 0.504. The van der Waals surface area contributed by atoms with Crippen LogP contribution in [0.1, 0.15) is 39.0 Å². The number of carbonyl (C=O) groups excluding carboxylic acids is 2. The Balaban J connectivity index is 2.80. The predicted molar refractivity (Wildman–Crippen MR) is 68.2 cm³/mol. The van der Waals surface area contributed by atoms with Gasteiger partial charge in [-0.2, -0.15) is 0 Å². The van der Waals surface area contributed by atoms with Crippen LogP contribution >= 0.6 is 0 Å². The number of hydrogen-bond acceptors (Lipinski definition) is 6. The van der Waals surface area contributed by atoms with E-state index in [4.69, 9.17) is 9.15 Å². The fourth-order valence-electron chi connectivity index (χ4n) is 1.42. The van der Waals surface area contributed by atoms with Crippen LogP contribution in [0.4, 0.5) is 10.7 Å². The molecule has 0 unspecified atom stereocenters. The van der Waals surface area contributed by atoms with Crippen molar-refractivity contribution in [3.8, 4) is 0 Å².